The van der Waals surface area contributed by atoms with Gasteiger partial charge in [-0.05, 0) is 35.7 Å². The monoisotopic (exact) mass is 530 g/mol. The molecule has 0 aliphatic carbocycles. The number of ether oxygens (including phenoxy) is 1. The Kier molecular flexibility index (Phi) is 7.53. The van der Waals surface area contributed by atoms with Crippen molar-refractivity contribution < 1.29 is 19.1 Å². The summed E-state index contributed by atoms with van der Waals surface area (Å²) in [4.78, 5) is 48.7. The number of piperazine rings is 1. The van der Waals surface area contributed by atoms with Crippen molar-refractivity contribution in [3.05, 3.63) is 82.9 Å². The van der Waals surface area contributed by atoms with Gasteiger partial charge in [-0.25, -0.2) is 9.78 Å². The van der Waals surface area contributed by atoms with Crippen molar-refractivity contribution in [2.75, 3.05) is 33.3 Å². The second kappa shape index (κ2) is 11.2. The number of aromatic nitrogens is 2. The van der Waals surface area contributed by atoms with Crippen molar-refractivity contribution in [2.45, 2.75) is 38.9 Å². The molecule has 2 N–H and O–H groups in total. The number of fused-ring (bicyclic) bond motifs is 1. The summed E-state index contributed by atoms with van der Waals surface area (Å²) in [5, 5.41) is 0. The maximum absolute atomic E-state index is 13.8. The van der Waals surface area contributed by atoms with E-state index < -0.39 is 12.1 Å². The van der Waals surface area contributed by atoms with Crippen molar-refractivity contribution in [1.29, 1.82) is 0 Å². The Labute approximate surface area is 227 Å². The van der Waals surface area contributed by atoms with Gasteiger partial charge in [0.05, 0.1) is 37.8 Å². The van der Waals surface area contributed by atoms with Gasteiger partial charge in [-0.3, -0.25) is 9.59 Å². The molecule has 1 saturated heterocycles. The highest BCUT2D eigenvalue weighted by Gasteiger charge is 2.39. The fourth-order valence-corrected chi connectivity index (χ4v) is 5.37. The summed E-state index contributed by atoms with van der Waals surface area (Å²) < 4.78 is 7.41. The zero-order valence-electron chi connectivity index (χ0n) is 22.4. The highest BCUT2D eigenvalue weighted by molar-refractivity contribution is 5.89. The standard InChI is InChI=1S/C29H34N6O4/c1-20-6-3-4-8-22(20)17-34-19-31-24-16-25(28(37)32-10-12-33(13-11-32)29(30)38)35(18-26(24)34)27(36)15-21-7-5-9-23(14-21)39-2/h3-9,14,19,25H,10-13,15-18H2,1-2H3,(H2,30,38). The Morgan fingerprint density at radius 1 is 1.03 bits per heavy atom. The summed E-state index contributed by atoms with van der Waals surface area (Å²) in [7, 11) is 1.59. The fourth-order valence-electron chi connectivity index (χ4n) is 5.37. The van der Waals surface area contributed by atoms with Crippen LogP contribution in [0, 0.1) is 6.92 Å². The summed E-state index contributed by atoms with van der Waals surface area (Å²) in [6, 6.07) is 14.5. The lowest BCUT2D eigenvalue weighted by molar-refractivity contribution is -0.147. The molecular formula is C29H34N6O4. The van der Waals surface area contributed by atoms with Crippen LogP contribution in [0.3, 0.4) is 0 Å². The number of hydrogen-bond acceptors (Lipinski definition) is 5. The van der Waals surface area contributed by atoms with Gasteiger partial charge < -0.3 is 29.7 Å². The van der Waals surface area contributed by atoms with Crippen molar-refractivity contribution in [2.24, 2.45) is 5.73 Å². The lowest BCUT2D eigenvalue weighted by Crippen LogP contribution is -2.59. The van der Waals surface area contributed by atoms with Crippen LogP contribution in [-0.4, -0.2) is 81.4 Å². The van der Waals surface area contributed by atoms with Crippen LogP contribution in [-0.2, 0) is 35.5 Å². The molecule has 1 fully saturated rings. The van der Waals surface area contributed by atoms with Gasteiger partial charge in [-0.1, -0.05) is 36.4 Å². The predicted octanol–water partition coefficient (Wildman–Crippen LogP) is 1.97. The van der Waals surface area contributed by atoms with Crippen LogP contribution in [0.25, 0.3) is 0 Å². The van der Waals surface area contributed by atoms with E-state index in [1.807, 2.05) is 36.4 Å². The van der Waals surface area contributed by atoms with Crippen LogP contribution in [0.2, 0.25) is 0 Å². The Bertz CT molecular complexity index is 1380. The molecule has 1 atom stereocenters. The van der Waals surface area contributed by atoms with E-state index in [1.165, 1.54) is 16.0 Å². The molecule has 1 unspecified atom stereocenters. The van der Waals surface area contributed by atoms with Gasteiger partial charge in [0.25, 0.3) is 0 Å². The number of benzene rings is 2. The second-order valence-electron chi connectivity index (χ2n) is 10.1. The van der Waals surface area contributed by atoms with E-state index in [2.05, 4.69) is 28.6 Å². The van der Waals surface area contributed by atoms with Crippen LogP contribution >= 0.6 is 0 Å². The topological polar surface area (TPSA) is 114 Å². The summed E-state index contributed by atoms with van der Waals surface area (Å²) in [6.07, 6.45) is 2.30. The molecule has 2 aliphatic heterocycles. The summed E-state index contributed by atoms with van der Waals surface area (Å²) in [5.41, 5.74) is 10.4. The Morgan fingerprint density at radius 3 is 2.49 bits per heavy atom. The SMILES string of the molecule is COc1cccc(CC(=O)N2Cc3c(ncn3Cc3ccccc3C)CC2C(=O)N2CCN(C(N)=O)CC2)c1. The molecule has 2 aromatic carbocycles. The van der Waals surface area contributed by atoms with E-state index in [1.54, 1.807) is 23.2 Å². The number of hydrogen-bond donors (Lipinski definition) is 1. The largest absolute Gasteiger partial charge is 0.497 e. The average Bonchev–Trinajstić information content (AvgIpc) is 3.34. The minimum atomic E-state index is -0.669. The molecule has 39 heavy (non-hydrogen) atoms. The molecular weight excluding hydrogens is 496 g/mol. The van der Waals surface area contributed by atoms with Crippen LogP contribution in [0.15, 0.2) is 54.9 Å². The quantitative estimate of drug-likeness (QED) is 0.524. The molecule has 3 heterocycles. The fraction of sp³-hybridized carbons (Fsp3) is 0.379. The average molecular weight is 531 g/mol. The number of primary amides is 1. The number of imidazole rings is 1. The van der Waals surface area contributed by atoms with E-state index >= 15 is 0 Å². The molecule has 3 aromatic rings. The molecule has 1 aromatic heterocycles. The van der Waals surface area contributed by atoms with Crippen LogP contribution in [0.5, 0.6) is 5.75 Å². The number of carbonyl (C=O) groups is 3. The first-order valence-corrected chi connectivity index (χ1v) is 13.2. The van der Waals surface area contributed by atoms with Gasteiger partial charge in [-0.2, -0.15) is 0 Å². The molecule has 10 heteroatoms. The van der Waals surface area contributed by atoms with Gasteiger partial charge in [0.2, 0.25) is 11.8 Å². The van der Waals surface area contributed by atoms with E-state index in [0.29, 0.717) is 51.4 Å². The van der Waals surface area contributed by atoms with Crippen molar-refractivity contribution in [3.8, 4) is 5.75 Å². The Balaban J connectivity index is 1.41. The summed E-state index contributed by atoms with van der Waals surface area (Å²) in [5.74, 6) is 0.418. The number of amides is 4. The van der Waals surface area contributed by atoms with Gasteiger partial charge in [0.1, 0.15) is 11.8 Å². The number of urea groups is 1. The van der Waals surface area contributed by atoms with Crippen LogP contribution < -0.4 is 10.5 Å². The van der Waals surface area contributed by atoms with E-state index in [9.17, 15) is 14.4 Å². The molecule has 0 spiro atoms. The van der Waals surface area contributed by atoms with Gasteiger partial charge in [-0.15, -0.1) is 0 Å². The number of rotatable bonds is 6. The highest BCUT2D eigenvalue weighted by Crippen LogP contribution is 2.27. The highest BCUT2D eigenvalue weighted by atomic mass is 16.5. The van der Waals surface area contributed by atoms with Crippen LogP contribution in [0.4, 0.5) is 4.79 Å². The molecule has 10 nitrogen and oxygen atoms in total. The van der Waals surface area contributed by atoms with Crippen molar-refractivity contribution >= 4 is 17.8 Å². The molecule has 5 rings (SSSR count). The Hall–Kier alpha value is -4.34. The van der Waals surface area contributed by atoms with Gasteiger partial charge in [0.15, 0.2) is 0 Å². The summed E-state index contributed by atoms with van der Waals surface area (Å²) >= 11 is 0. The van der Waals surface area contributed by atoms with E-state index in [-0.39, 0.29) is 18.2 Å². The predicted molar refractivity (Wildman–Crippen MR) is 145 cm³/mol. The maximum atomic E-state index is 13.8. The minimum absolute atomic E-state index is 0.128. The van der Waals surface area contributed by atoms with Crippen molar-refractivity contribution in [3.63, 3.8) is 0 Å². The minimum Gasteiger partial charge on any atom is -0.497 e. The first-order valence-electron chi connectivity index (χ1n) is 13.2. The van der Waals surface area contributed by atoms with Crippen molar-refractivity contribution in [1.82, 2.24) is 24.3 Å². The third kappa shape index (κ3) is 5.59. The zero-order chi connectivity index (χ0) is 27.5. The summed E-state index contributed by atoms with van der Waals surface area (Å²) in [6.45, 7) is 4.52. The Morgan fingerprint density at radius 2 is 1.77 bits per heavy atom. The number of nitrogens with two attached hydrogens (primary N) is 1. The first kappa shape index (κ1) is 26.3. The van der Waals surface area contributed by atoms with E-state index in [4.69, 9.17) is 10.5 Å². The zero-order valence-corrected chi connectivity index (χ0v) is 22.4. The number of aryl methyl sites for hydroxylation is 1. The molecule has 0 saturated carbocycles. The number of carbonyl (C=O) groups excluding carboxylic acids is 3. The van der Waals surface area contributed by atoms with Crippen LogP contribution in [0.1, 0.15) is 28.1 Å². The molecule has 4 amide bonds. The van der Waals surface area contributed by atoms with Gasteiger partial charge in [0, 0.05) is 39.1 Å². The second-order valence-corrected chi connectivity index (χ2v) is 10.1. The third-order valence-corrected chi connectivity index (χ3v) is 7.72. The smallest absolute Gasteiger partial charge is 0.314 e. The molecule has 0 radical (unpaired) electrons. The lowest BCUT2D eigenvalue weighted by Gasteiger charge is -2.40. The number of methoxy groups -OCH3 is 1. The normalized spacial score (nSPS) is 17.1. The third-order valence-electron chi connectivity index (χ3n) is 7.72. The van der Waals surface area contributed by atoms with Gasteiger partial charge >= 0.3 is 6.03 Å². The first-order chi connectivity index (χ1) is 18.8. The molecule has 2 aliphatic rings. The maximum Gasteiger partial charge on any atom is 0.314 e. The molecule has 0 bridgehead atoms. The molecule has 204 valence electrons. The number of nitrogens with zero attached hydrogens (tertiary/aromatic N) is 5. The lowest BCUT2D eigenvalue weighted by atomic mass is 9.99. The van der Waals surface area contributed by atoms with E-state index in [0.717, 1.165) is 17.0 Å².